The fourth-order valence-electron chi connectivity index (χ4n) is 3.93. The zero-order valence-electron chi connectivity index (χ0n) is 13.8. The Kier molecular flexibility index (Phi) is 6.79. The van der Waals surface area contributed by atoms with Crippen LogP contribution in [0.3, 0.4) is 0 Å². The van der Waals surface area contributed by atoms with Crippen LogP contribution in [-0.4, -0.2) is 49.7 Å². The van der Waals surface area contributed by atoms with Crippen LogP contribution in [0.2, 0.25) is 0 Å². The minimum absolute atomic E-state index is 0.705. The first-order chi connectivity index (χ1) is 9.72. The van der Waals surface area contributed by atoms with Gasteiger partial charge < -0.3 is 15.5 Å². The maximum absolute atomic E-state index is 3.86. The molecule has 0 aromatic heterocycles. The molecular formula is C17H35N3. The minimum Gasteiger partial charge on any atom is -0.314 e. The lowest BCUT2D eigenvalue weighted by Crippen LogP contribution is -2.48. The fraction of sp³-hybridized carbons (Fsp3) is 1.00. The number of piperidine rings is 1. The van der Waals surface area contributed by atoms with Crippen molar-refractivity contribution in [3.8, 4) is 0 Å². The molecule has 3 nitrogen and oxygen atoms in total. The SMILES string of the molecule is CCC(C)N(C)CCNC1CCCC1C1CCCCN1. The predicted octanol–water partition coefficient (Wildman–Crippen LogP) is 2.62. The van der Waals surface area contributed by atoms with Crippen molar-refractivity contribution in [1.82, 2.24) is 15.5 Å². The van der Waals surface area contributed by atoms with Gasteiger partial charge in [-0.1, -0.05) is 19.8 Å². The van der Waals surface area contributed by atoms with E-state index in [0.29, 0.717) is 6.04 Å². The van der Waals surface area contributed by atoms with Gasteiger partial charge in [0.05, 0.1) is 0 Å². The molecular weight excluding hydrogens is 246 g/mol. The van der Waals surface area contributed by atoms with E-state index in [9.17, 15) is 0 Å². The summed E-state index contributed by atoms with van der Waals surface area (Å²) in [6.07, 6.45) is 9.68. The smallest absolute Gasteiger partial charge is 0.0111 e. The summed E-state index contributed by atoms with van der Waals surface area (Å²) in [7, 11) is 2.25. The third kappa shape index (κ3) is 4.44. The Morgan fingerprint density at radius 2 is 2.05 bits per heavy atom. The van der Waals surface area contributed by atoms with Crippen LogP contribution >= 0.6 is 0 Å². The lowest BCUT2D eigenvalue weighted by molar-refractivity contribution is 0.228. The summed E-state index contributed by atoms with van der Waals surface area (Å²) in [5.41, 5.74) is 0. The highest BCUT2D eigenvalue weighted by Gasteiger charge is 2.33. The highest BCUT2D eigenvalue weighted by Crippen LogP contribution is 2.31. The molecule has 0 amide bonds. The Morgan fingerprint density at radius 3 is 2.75 bits per heavy atom. The Balaban J connectivity index is 1.71. The van der Waals surface area contributed by atoms with Gasteiger partial charge in [-0.15, -0.1) is 0 Å². The van der Waals surface area contributed by atoms with Crippen LogP contribution in [0.4, 0.5) is 0 Å². The molecule has 118 valence electrons. The molecule has 3 heteroatoms. The van der Waals surface area contributed by atoms with E-state index in [4.69, 9.17) is 0 Å². The van der Waals surface area contributed by atoms with Crippen LogP contribution in [0.5, 0.6) is 0 Å². The van der Waals surface area contributed by atoms with Gasteiger partial charge in [0.1, 0.15) is 0 Å². The maximum atomic E-state index is 3.86. The summed E-state index contributed by atoms with van der Waals surface area (Å²) in [6.45, 7) is 8.16. The lowest BCUT2D eigenvalue weighted by Gasteiger charge is -2.33. The van der Waals surface area contributed by atoms with Crippen molar-refractivity contribution in [2.45, 2.75) is 76.9 Å². The van der Waals surface area contributed by atoms with Crippen LogP contribution in [-0.2, 0) is 0 Å². The Labute approximate surface area is 125 Å². The predicted molar refractivity (Wildman–Crippen MR) is 87.2 cm³/mol. The van der Waals surface area contributed by atoms with Crippen molar-refractivity contribution >= 4 is 0 Å². The molecule has 4 unspecified atom stereocenters. The first-order valence-corrected chi connectivity index (χ1v) is 8.89. The van der Waals surface area contributed by atoms with Gasteiger partial charge in [0, 0.05) is 31.2 Å². The third-order valence-electron chi connectivity index (χ3n) is 5.65. The van der Waals surface area contributed by atoms with Gasteiger partial charge in [0.25, 0.3) is 0 Å². The molecule has 0 radical (unpaired) electrons. The second-order valence-corrected chi connectivity index (χ2v) is 6.95. The molecule has 2 rings (SSSR count). The number of nitrogens with zero attached hydrogens (tertiary/aromatic N) is 1. The average molecular weight is 281 g/mol. The average Bonchev–Trinajstić information content (AvgIpc) is 2.95. The van der Waals surface area contributed by atoms with E-state index in [-0.39, 0.29) is 0 Å². The molecule has 0 spiro atoms. The first-order valence-electron chi connectivity index (χ1n) is 8.89. The molecule has 1 aliphatic heterocycles. The summed E-state index contributed by atoms with van der Waals surface area (Å²) < 4.78 is 0. The second-order valence-electron chi connectivity index (χ2n) is 6.95. The monoisotopic (exact) mass is 281 g/mol. The largest absolute Gasteiger partial charge is 0.314 e. The molecule has 0 bridgehead atoms. The highest BCUT2D eigenvalue weighted by molar-refractivity contribution is 4.92. The summed E-state index contributed by atoms with van der Waals surface area (Å²) in [6, 6.07) is 2.25. The van der Waals surface area contributed by atoms with Crippen molar-refractivity contribution in [1.29, 1.82) is 0 Å². The zero-order valence-corrected chi connectivity index (χ0v) is 13.8. The van der Waals surface area contributed by atoms with Crippen LogP contribution in [0.1, 0.15) is 58.8 Å². The molecule has 2 aliphatic rings. The van der Waals surface area contributed by atoms with Crippen molar-refractivity contribution in [3.05, 3.63) is 0 Å². The molecule has 20 heavy (non-hydrogen) atoms. The summed E-state index contributed by atoms with van der Waals surface area (Å²) in [5.74, 6) is 0.879. The minimum atomic E-state index is 0.705. The molecule has 4 atom stereocenters. The van der Waals surface area contributed by atoms with Crippen LogP contribution in [0, 0.1) is 5.92 Å². The normalized spacial score (nSPS) is 32.7. The Morgan fingerprint density at radius 1 is 1.20 bits per heavy atom. The number of nitrogens with one attached hydrogen (secondary N) is 2. The number of hydrogen-bond acceptors (Lipinski definition) is 3. The lowest BCUT2D eigenvalue weighted by atomic mass is 9.88. The summed E-state index contributed by atoms with van der Waals surface area (Å²) in [5, 5.41) is 7.62. The molecule has 1 saturated carbocycles. The molecule has 0 aromatic carbocycles. The number of hydrogen-bond donors (Lipinski definition) is 2. The second kappa shape index (κ2) is 8.35. The van der Waals surface area contributed by atoms with Crippen molar-refractivity contribution in [2.24, 2.45) is 5.92 Å². The van der Waals surface area contributed by atoms with Crippen LogP contribution in [0.25, 0.3) is 0 Å². The molecule has 2 fully saturated rings. The van der Waals surface area contributed by atoms with E-state index in [0.717, 1.165) is 24.5 Å². The Bertz CT molecular complexity index is 263. The number of rotatable bonds is 7. The van der Waals surface area contributed by atoms with Gasteiger partial charge in [-0.2, -0.15) is 0 Å². The number of likely N-dealkylation sites (N-methyl/N-ethyl adjacent to an activating group) is 1. The Hall–Kier alpha value is -0.120. The topological polar surface area (TPSA) is 27.3 Å². The summed E-state index contributed by atoms with van der Waals surface area (Å²) in [4.78, 5) is 2.48. The molecule has 1 heterocycles. The van der Waals surface area contributed by atoms with E-state index in [2.05, 4.69) is 36.4 Å². The zero-order chi connectivity index (χ0) is 14.4. The standard InChI is InChI=1S/C17H35N3/c1-4-14(2)20(3)13-12-19-17-10-7-8-15(17)16-9-5-6-11-18-16/h14-19H,4-13H2,1-3H3. The third-order valence-corrected chi connectivity index (χ3v) is 5.65. The first kappa shape index (κ1) is 16.3. The van der Waals surface area contributed by atoms with Crippen molar-refractivity contribution < 1.29 is 0 Å². The fourth-order valence-corrected chi connectivity index (χ4v) is 3.93. The van der Waals surface area contributed by atoms with Crippen LogP contribution in [0.15, 0.2) is 0 Å². The molecule has 1 aliphatic carbocycles. The van der Waals surface area contributed by atoms with E-state index in [1.165, 1.54) is 58.0 Å². The van der Waals surface area contributed by atoms with E-state index >= 15 is 0 Å². The van der Waals surface area contributed by atoms with E-state index < -0.39 is 0 Å². The van der Waals surface area contributed by atoms with E-state index in [1.54, 1.807) is 0 Å². The van der Waals surface area contributed by atoms with Crippen molar-refractivity contribution in [3.63, 3.8) is 0 Å². The van der Waals surface area contributed by atoms with Gasteiger partial charge in [-0.05, 0) is 58.5 Å². The summed E-state index contributed by atoms with van der Waals surface area (Å²) >= 11 is 0. The van der Waals surface area contributed by atoms with Gasteiger partial charge in [0.2, 0.25) is 0 Å². The van der Waals surface area contributed by atoms with Crippen LogP contribution < -0.4 is 10.6 Å². The van der Waals surface area contributed by atoms with Gasteiger partial charge >= 0.3 is 0 Å². The quantitative estimate of drug-likeness (QED) is 0.751. The van der Waals surface area contributed by atoms with Crippen molar-refractivity contribution in [2.75, 3.05) is 26.7 Å². The van der Waals surface area contributed by atoms with Gasteiger partial charge in [-0.25, -0.2) is 0 Å². The molecule has 0 aromatic rings. The molecule has 2 N–H and O–H groups in total. The van der Waals surface area contributed by atoms with Gasteiger partial charge in [-0.3, -0.25) is 0 Å². The highest BCUT2D eigenvalue weighted by atomic mass is 15.1. The van der Waals surface area contributed by atoms with Gasteiger partial charge in [0.15, 0.2) is 0 Å². The maximum Gasteiger partial charge on any atom is 0.0111 e. The molecule has 1 saturated heterocycles. The van der Waals surface area contributed by atoms with E-state index in [1.807, 2.05) is 0 Å².